The number of sulfonamides is 1. The molecule has 2 rings (SSSR count). The van der Waals surface area contributed by atoms with Gasteiger partial charge in [0.05, 0.1) is 4.90 Å². The number of unbranched alkanes of at least 4 members (excludes halogenated alkanes) is 1. The second-order valence-electron chi connectivity index (χ2n) is 6.55. The van der Waals surface area contributed by atoms with E-state index in [1.807, 2.05) is 6.92 Å². The van der Waals surface area contributed by atoms with Gasteiger partial charge in [-0.05, 0) is 31.4 Å². The average Bonchev–Trinajstić information content (AvgIpc) is 2.67. The number of hydrogen-bond acceptors (Lipinski definition) is 3. The zero-order valence-corrected chi connectivity index (χ0v) is 16.9. The van der Waals surface area contributed by atoms with Gasteiger partial charge in [-0.25, -0.2) is 12.7 Å². The molecule has 0 radical (unpaired) electrons. The summed E-state index contributed by atoms with van der Waals surface area (Å²) in [6.07, 6.45) is -4.11. The Morgan fingerprint density at radius 1 is 1.03 bits per heavy atom. The van der Waals surface area contributed by atoms with Crippen molar-refractivity contribution >= 4 is 10.0 Å². The van der Waals surface area contributed by atoms with E-state index < -0.39 is 27.4 Å². The molecule has 156 valence electrons. The maximum atomic E-state index is 13.6. The number of hydrogen-bond donors (Lipinski definition) is 1. The van der Waals surface area contributed by atoms with E-state index in [1.54, 1.807) is 25.0 Å². The smallest absolute Gasteiger partial charge is 0.366 e. The zero-order valence-electron chi connectivity index (χ0n) is 16.1. The molecule has 0 unspecified atom stereocenters. The summed E-state index contributed by atoms with van der Waals surface area (Å²) in [5.74, 6) is 1.78. The van der Waals surface area contributed by atoms with E-state index in [0.29, 0.717) is 17.1 Å². The quantitative estimate of drug-likeness (QED) is 0.558. The molecule has 0 aliphatic carbocycles. The van der Waals surface area contributed by atoms with Crippen LogP contribution in [-0.2, 0) is 15.6 Å². The minimum absolute atomic E-state index is 0.0798. The second kappa shape index (κ2) is 8.89. The van der Waals surface area contributed by atoms with Gasteiger partial charge in [-0.2, -0.15) is 13.2 Å². The fraction of sp³-hybridized carbons (Fsp3) is 0.333. The van der Waals surface area contributed by atoms with Crippen LogP contribution in [0.25, 0.3) is 0 Å². The summed E-state index contributed by atoms with van der Waals surface area (Å²) in [5, 5.41) is 10.3. The number of alkyl halides is 3. The van der Waals surface area contributed by atoms with Gasteiger partial charge in [-0.1, -0.05) is 61.4 Å². The predicted molar refractivity (Wildman–Crippen MR) is 104 cm³/mol. The van der Waals surface area contributed by atoms with E-state index in [2.05, 4.69) is 6.04 Å². The van der Waals surface area contributed by atoms with E-state index in [1.165, 1.54) is 30.3 Å². The van der Waals surface area contributed by atoms with Gasteiger partial charge in [0, 0.05) is 18.2 Å². The summed E-state index contributed by atoms with van der Waals surface area (Å²) >= 11 is 0. The Bertz CT molecular complexity index is 978. The number of halogens is 3. The summed E-state index contributed by atoms with van der Waals surface area (Å²) in [6, 6.07) is 14.4. The summed E-state index contributed by atoms with van der Waals surface area (Å²) < 4.78 is 67.4. The van der Waals surface area contributed by atoms with E-state index >= 15 is 0 Å². The fourth-order valence-electron chi connectivity index (χ4n) is 2.50. The van der Waals surface area contributed by atoms with Gasteiger partial charge in [0.15, 0.2) is 0 Å². The van der Waals surface area contributed by atoms with Gasteiger partial charge in [0.25, 0.3) is 10.0 Å². The molecule has 29 heavy (non-hydrogen) atoms. The normalized spacial score (nSPS) is 13.9. The Hall–Kier alpha value is -2.50. The van der Waals surface area contributed by atoms with Crippen molar-refractivity contribution in [3.63, 3.8) is 0 Å². The van der Waals surface area contributed by atoms with Crippen LogP contribution in [0.4, 0.5) is 13.2 Å². The predicted octanol–water partition coefficient (Wildman–Crippen LogP) is 4.20. The van der Waals surface area contributed by atoms with Crippen molar-refractivity contribution in [3.05, 3.63) is 65.7 Å². The first-order valence-electron chi connectivity index (χ1n) is 8.99. The third-order valence-electron chi connectivity index (χ3n) is 4.29. The molecule has 0 bridgehead atoms. The maximum absolute atomic E-state index is 13.6. The first-order valence-corrected chi connectivity index (χ1v) is 10.4. The molecule has 1 N–H and O–H groups in total. The zero-order chi connectivity index (χ0) is 21.7. The highest BCUT2D eigenvalue weighted by atomic mass is 32.2. The lowest BCUT2D eigenvalue weighted by atomic mass is 9.94. The summed E-state index contributed by atoms with van der Waals surface area (Å²) in [6.45, 7) is 3.51. The third-order valence-corrected chi connectivity index (χ3v) is 6.01. The topological polar surface area (TPSA) is 57.6 Å². The van der Waals surface area contributed by atoms with Crippen LogP contribution in [0.2, 0.25) is 0 Å². The monoisotopic (exact) mass is 425 g/mol. The standard InChI is InChI=1S/C21H22F3NO3S/c1-3-4-15-25(29(27,28)19-12-10-17(2)11-13-19)16-14-20(26,21(22,23)24)18-8-6-5-7-9-18/h5-13,26H,3-4,15H2,1-2H3/t20-/m0/s1. The Morgan fingerprint density at radius 2 is 1.62 bits per heavy atom. The van der Waals surface area contributed by atoms with E-state index in [-0.39, 0.29) is 11.4 Å². The second-order valence-corrected chi connectivity index (χ2v) is 8.42. The van der Waals surface area contributed by atoms with E-state index in [9.17, 15) is 26.7 Å². The van der Waals surface area contributed by atoms with Crippen molar-refractivity contribution < 1.29 is 26.7 Å². The Balaban J connectivity index is 2.54. The Kier molecular flexibility index (Phi) is 6.98. The highest BCUT2D eigenvalue weighted by Crippen LogP contribution is 2.38. The number of aryl methyl sites for hydroxylation is 1. The Labute approximate surface area is 169 Å². The van der Waals surface area contributed by atoms with E-state index in [0.717, 1.165) is 17.7 Å². The van der Waals surface area contributed by atoms with Crippen LogP contribution in [0.3, 0.4) is 0 Å². The molecule has 0 heterocycles. The molecule has 0 saturated carbocycles. The molecule has 2 aromatic carbocycles. The third kappa shape index (κ3) is 5.11. The van der Waals surface area contributed by atoms with Crippen LogP contribution >= 0.6 is 0 Å². The van der Waals surface area contributed by atoms with Crippen molar-refractivity contribution in [1.82, 2.24) is 4.31 Å². The largest absolute Gasteiger partial charge is 0.433 e. The summed E-state index contributed by atoms with van der Waals surface area (Å²) in [4.78, 5) is -0.0798. The number of benzene rings is 2. The van der Waals surface area contributed by atoms with Crippen molar-refractivity contribution in [2.24, 2.45) is 0 Å². The van der Waals surface area contributed by atoms with Gasteiger partial charge < -0.3 is 5.11 Å². The van der Waals surface area contributed by atoms with E-state index in [4.69, 9.17) is 0 Å². The Morgan fingerprint density at radius 3 is 2.14 bits per heavy atom. The van der Waals surface area contributed by atoms with Crippen LogP contribution < -0.4 is 0 Å². The number of nitrogens with zero attached hydrogens (tertiary/aromatic N) is 1. The average molecular weight is 425 g/mol. The van der Waals surface area contributed by atoms with Crippen LogP contribution in [0.15, 0.2) is 59.5 Å². The molecule has 4 nitrogen and oxygen atoms in total. The molecule has 0 spiro atoms. The SMILES string of the molecule is CCCCN(C#C[C@](O)(c1ccccc1)C(F)(F)F)S(=O)(=O)c1ccc(C)cc1. The summed E-state index contributed by atoms with van der Waals surface area (Å²) in [5.41, 5.74) is -3.14. The van der Waals surface area contributed by atoms with Crippen molar-refractivity contribution in [2.45, 2.75) is 43.4 Å². The molecule has 0 aliphatic rings. The molecule has 1 atom stereocenters. The van der Waals surface area contributed by atoms with Crippen molar-refractivity contribution in [1.29, 1.82) is 0 Å². The van der Waals surface area contributed by atoms with Gasteiger partial charge in [0.2, 0.25) is 5.60 Å². The van der Waals surface area contributed by atoms with Crippen LogP contribution in [0.1, 0.15) is 30.9 Å². The van der Waals surface area contributed by atoms with Crippen molar-refractivity contribution in [2.75, 3.05) is 6.54 Å². The lowest BCUT2D eigenvalue weighted by Crippen LogP contribution is -2.41. The number of aliphatic hydroxyl groups is 1. The lowest BCUT2D eigenvalue weighted by Gasteiger charge is -2.26. The van der Waals surface area contributed by atoms with Crippen LogP contribution in [0, 0.1) is 18.9 Å². The molecule has 0 aliphatic heterocycles. The molecule has 0 saturated heterocycles. The van der Waals surface area contributed by atoms with Gasteiger partial charge in [0.1, 0.15) is 0 Å². The fourth-order valence-corrected chi connectivity index (χ4v) is 3.77. The first kappa shape index (κ1) is 22.8. The maximum Gasteiger partial charge on any atom is 0.433 e. The van der Waals surface area contributed by atoms with Gasteiger partial charge >= 0.3 is 6.18 Å². The minimum atomic E-state index is -5.12. The lowest BCUT2D eigenvalue weighted by molar-refractivity contribution is -0.240. The molecule has 2 aromatic rings. The molecule has 0 fully saturated rings. The van der Waals surface area contributed by atoms with Crippen molar-refractivity contribution in [3.8, 4) is 12.0 Å². The highest BCUT2D eigenvalue weighted by molar-refractivity contribution is 7.89. The van der Waals surface area contributed by atoms with Crippen LogP contribution in [-0.4, -0.2) is 30.6 Å². The first-order chi connectivity index (χ1) is 13.5. The van der Waals surface area contributed by atoms with Crippen LogP contribution in [0.5, 0.6) is 0 Å². The highest BCUT2D eigenvalue weighted by Gasteiger charge is 2.54. The molecular weight excluding hydrogens is 403 g/mol. The molecular formula is C21H22F3NO3S. The van der Waals surface area contributed by atoms with Gasteiger partial charge in [-0.3, -0.25) is 0 Å². The molecule has 0 aromatic heterocycles. The van der Waals surface area contributed by atoms with Gasteiger partial charge in [-0.15, -0.1) is 0 Å². The minimum Gasteiger partial charge on any atom is -0.366 e. The molecule has 8 heteroatoms. The summed E-state index contributed by atoms with van der Waals surface area (Å²) in [7, 11) is -4.16. The molecule has 0 amide bonds. The number of rotatable bonds is 6.